The molecule has 1 aromatic carbocycles. The van der Waals surface area contributed by atoms with Crippen molar-refractivity contribution in [1.82, 2.24) is 10.3 Å². The van der Waals surface area contributed by atoms with Crippen molar-refractivity contribution in [3.8, 4) is 0 Å². The molecule has 0 radical (unpaired) electrons. The second kappa shape index (κ2) is 6.88. The fourth-order valence-electron chi connectivity index (χ4n) is 2.15. The van der Waals surface area contributed by atoms with E-state index in [1.807, 2.05) is 30.3 Å². The van der Waals surface area contributed by atoms with Crippen LogP contribution in [0.4, 0.5) is 0 Å². The summed E-state index contributed by atoms with van der Waals surface area (Å²) in [5.41, 5.74) is 1.92. The molecule has 2 rings (SSSR count). The number of carbonyl (C=O) groups is 1. The number of nitrogens with one attached hydrogen (secondary N) is 1. The van der Waals surface area contributed by atoms with Gasteiger partial charge in [0, 0.05) is 18.1 Å². The van der Waals surface area contributed by atoms with Crippen LogP contribution in [0.1, 0.15) is 31.7 Å². The standard InChI is InChI=1S/C16H20N2O/c1-2-3-4-10-17-15(19)12-14-8-5-7-13-9-6-11-18-16(13)14/h5-9,11H,2-4,10,12H2,1H3,(H,17,19). The summed E-state index contributed by atoms with van der Waals surface area (Å²) in [5, 5.41) is 4.05. The Morgan fingerprint density at radius 3 is 2.89 bits per heavy atom. The molecule has 3 heteroatoms. The lowest BCUT2D eigenvalue weighted by Crippen LogP contribution is -2.26. The summed E-state index contributed by atoms with van der Waals surface area (Å²) in [6, 6.07) is 9.90. The van der Waals surface area contributed by atoms with Crippen LogP contribution in [0.15, 0.2) is 36.5 Å². The van der Waals surface area contributed by atoms with Crippen LogP contribution in [0, 0.1) is 0 Å². The van der Waals surface area contributed by atoms with Gasteiger partial charge in [-0.25, -0.2) is 0 Å². The first-order valence-corrected chi connectivity index (χ1v) is 6.90. The SMILES string of the molecule is CCCCCNC(=O)Cc1cccc2cccnc12. The van der Waals surface area contributed by atoms with Gasteiger partial charge in [0.1, 0.15) is 0 Å². The fourth-order valence-corrected chi connectivity index (χ4v) is 2.15. The molecule has 0 atom stereocenters. The topological polar surface area (TPSA) is 42.0 Å². The molecular weight excluding hydrogens is 236 g/mol. The molecule has 2 aromatic rings. The number of hydrogen-bond donors (Lipinski definition) is 1. The lowest BCUT2D eigenvalue weighted by molar-refractivity contribution is -0.120. The zero-order valence-electron chi connectivity index (χ0n) is 11.4. The van der Waals surface area contributed by atoms with Crippen molar-refractivity contribution in [2.24, 2.45) is 0 Å². The van der Waals surface area contributed by atoms with Crippen LogP contribution in [0.3, 0.4) is 0 Å². The largest absolute Gasteiger partial charge is 0.356 e. The third-order valence-corrected chi connectivity index (χ3v) is 3.17. The molecule has 100 valence electrons. The number of benzene rings is 1. The second-order valence-electron chi connectivity index (χ2n) is 4.73. The van der Waals surface area contributed by atoms with Crippen LogP contribution >= 0.6 is 0 Å². The van der Waals surface area contributed by atoms with Gasteiger partial charge in [0.25, 0.3) is 0 Å². The Labute approximate surface area is 114 Å². The molecule has 0 aliphatic carbocycles. The Balaban J connectivity index is 1.99. The first-order valence-electron chi connectivity index (χ1n) is 6.90. The van der Waals surface area contributed by atoms with Crippen molar-refractivity contribution >= 4 is 16.8 Å². The Bertz CT molecular complexity index is 546. The maximum atomic E-state index is 11.9. The predicted octanol–water partition coefficient (Wildman–Crippen LogP) is 3.08. The third-order valence-electron chi connectivity index (χ3n) is 3.17. The van der Waals surface area contributed by atoms with E-state index in [2.05, 4.69) is 17.2 Å². The molecule has 1 N–H and O–H groups in total. The summed E-state index contributed by atoms with van der Waals surface area (Å²) in [6.45, 7) is 2.93. The molecule has 1 heterocycles. The van der Waals surface area contributed by atoms with Crippen molar-refractivity contribution in [2.75, 3.05) is 6.54 Å². The van der Waals surface area contributed by atoms with Crippen molar-refractivity contribution < 1.29 is 4.79 Å². The zero-order valence-corrected chi connectivity index (χ0v) is 11.4. The molecule has 0 aliphatic rings. The van der Waals surface area contributed by atoms with Gasteiger partial charge >= 0.3 is 0 Å². The predicted molar refractivity (Wildman–Crippen MR) is 78.0 cm³/mol. The molecule has 0 unspecified atom stereocenters. The average molecular weight is 256 g/mol. The summed E-state index contributed by atoms with van der Waals surface area (Å²) in [7, 11) is 0. The summed E-state index contributed by atoms with van der Waals surface area (Å²) in [5.74, 6) is 0.0780. The van der Waals surface area contributed by atoms with Crippen LogP contribution < -0.4 is 5.32 Å². The lowest BCUT2D eigenvalue weighted by Gasteiger charge is -2.07. The number of aromatic nitrogens is 1. The van der Waals surface area contributed by atoms with E-state index in [1.165, 1.54) is 6.42 Å². The van der Waals surface area contributed by atoms with Crippen molar-refractivity contribution in [3.63, 3.8) is 0 Å². The maximum absolute atomic E-state index is 11.9. The highest BCUT2D eigenvalue weighted by Crippen LogP contribution is 2.16. The van der Waals surface area contributed by atoms with Crippen molar-refractivity contribution in [1.29, 1.82) is 0 Å². The van der Waals surface area contributed by atoms with Gasteiger partial charge in [-0.2, -0.15) is 0 Å². The highest BCUT2D eigenvalue weighted by atomic mass is 16.1. The van der Waals surface area contributed by atoms with Crippen molar-refractivity contribution in [2.45, 2.75) is 32.6 Å². The zero-order chi connectivity index (χ0) is 13.5. The third kappa shape index (κ3) is 3.78. The summed E-state index contributed by atoms with van der Waals surface area (Å²) >= 11 is 0. The molecule has 1 amide bonds. The average Bonchev–Trinajstić information content (AvgIpc) is 2.44. The number of carbonyl (C=O) groups excluding carboxylic acids is 1. The van der Waals surface area contributed by atoms with Crippen LogP contribution in [0.2, 0.25) is 0 Å². The monoisotopic (exact) mass is 256 g/mol. The van der Waals surface area contributed by atoms with Crippen LogP contribution in [-0.2, 0) is 11.2 Å². The van der Waals surface area contributed by atoms with Gasteiger partial charge in [-0.1, -0.05) is 44.0 Å². The summed E-state index contributed by atoms with van der Waals surface area (Å²) < 4.78 is 0. The Hall–Kier alpha value is -1.90. The highest BCUT2D eigenvalue weighted by molar-refractivity contribution is 5.87. The molecule has 0 spiro atoms. The van der Waals surface area contributed by atoms with Gasteiger partial charge in [-0.05, 0) is 18.1 Å². The van der Waals surface area contributed by atoms with Crippen LogP contribution in [0.25, 0.3) is 10.9 Å². The van der Waals surface area contributed by atoms with E-state index < -0.39 is 0 Å². The minimum atomic E-state index is 0.0780. The smallest absolute Gasteiger partial charge is 0.224 e. The van der Waals surface area contributed by atoms with E-state index in [-0.39, 0.29) is 5.91 Å². The number of nitrogens with zero attached hydrogens (tertiary/aromatic N) is 1. The first kappa shape index (κ1) is 13.5. The highest BCUT2D eigenvalue weighted by Gasteiger charge is 2.06. The molecular formula is C16H20N2O. The Morgan fingerprint density at radius 1 is 1.21 bits per heavy atom. The summed E-state index contributed by atoms with van der Waals surface area (Å²) in [6.07, 6.45) is 5.56. The quantitative estimate of drug-likeness (QED) is 0.807. The van der Waals surface area contributed by atoms with E-state index in [1.54, 1.807) is 6.20 Å². The maximum Gasteiger partial charge on any atom is 0.224 e. The van der Waals surface area contributed by atoms with Gasteiger partial charge in [0.2, 0.25) is 5.91 Å². The molecule has 0 bridgehead atoms. The Morgan fingerprint density at radius 2 is 2.05 bits per heavy atom. The Kier molecular flexibility index (Phi) is 4.90. The number of hydrogen-bond acceptors (Lipinski definition) is 2. The molecule has 19 heavy (non-hydrogen) atoms. The molecule has 0 aliphatic heterocycles. The van der Waals surface area contributed by atoms with E-state index in [0.29, 0.717) is 6.42 Å². The second-order valence-corrected chi connectivity index (χ2v) is 4.73. The van der Waals surface area contributed by atoms with Gasteiger partial charge < -0.3 is 5.32 Å². The van der Waals surface area contributed by atoms with Crippen LogP contribution in [0.5, 0.6) is 0 Å². The minimum Gasteiger partial charge on any atom is -0.356 e. The lowest BCUT2D eigenvalue weighted by atomic mass is 10.1. The number of rotatable bonds is 6. The van der Waals surface area contributed by atoms with E-state index in [0.717, 1.165) is 35.9 Å². The molecule has 3 nitrogen and oxygen atoms in total. The van der Waals surface area contributed by atoms with E-state index >= 15 is 0 Å². The van der Waals surface area contributed by atoms with Gasteiger partial charge in [0.15, 0.2) is 0 Å². The van der Waals surface area contributed by atoms with E-state index in [9.17, 15) is 4.79 Å². The van der Waals surface area contributed by atoms with Crippen LogP contribution in [-0.4, -0.2) is 17.4 Å². The van der Waals surface area contributed by atoms with Crippen molar-refractivity contribution in [3.05, 3.63) is 42.1 Å². The van der Waals surface area contributed by atoms with E-state index in [4.69, 9.17) is 0 Å². The molecule has 0 saturated heterocycles. The first-order chi connectivity index (χ1) is 9.31. The van der Waals surface area contributed by atoms with Gasteiger partial charge in [-0.15, -0.1) is 0 Å². The van der Waals surface area contributed by atoms with Gasteiger partial charge in [0.05, 0.1) is 11.9 Å². The summed E-state index contributed by atoms with van der Waals surface area (Å²) in [4.78, 5) is 16.2. The van der Waals surface area contributed by atoms with Gasteiger partial charge in [-0.3, -0.25) is 9.78 Å². The number of pyridine rings is 1. The number of para-hydroxylation sites is 1. The number of unbranched alkanes of at least 4 members (excludes halogenated alkanes) is 2. The molecule has 0 fully saturated rings. The number of fused-ring (bicyclic) bond motifs is 1. The molecule has 0 saturated carbocycles. The minimum absolute atomic E-state index is 0.0780. The fraction of sp³-hybridized carbons (Fsp3) is 0.375. The normalized spacial score (nSPS) is 10.6. The number of amides is 1. The molecule has 1 aromatic heterocycles.